The molecular formula is C19H15F3N2O3. The number of phenols is 1. The van der Waals surface area contributed by atoms with Crippen LogP contribution in [0.1, 0.15) is 34.5 Å². The standard InChI is InChI=1S/C19H15F3N2O3/c1-8(18(23)26)14-9(2)24(19(27)10-4-3-5-11(20)6-10)13-7-12(21)17(25)16(22)15(13)14/h3-8,25H,1-2H3,(H2,23,26)/t8-/m1/s1. The minimum atomic E-state index is -1.30. The number of aromatic hydroxyl groups is 1. The van der Waals surface area contributed by atoms with Crippen molar-refractivity contribution in [2.75, 3.05) is 0 Å². The number of carbonyl (C=O) groups is 2. The summed E-state index contributed by atoms with van der Waals surface area (Å²) >= 11 is 0. The van der Waals surface area contributed by atoms with Gasteiger partial charge in [-0.25, -0.2) is 13.2 Å². The Kier molecular flexibility index (Phi) is 4.43. The predicted octanol–water partition coefficient (Wildman–Crippen LogP) is 3.35. The Morgan fingerprint density at radius 2 is 1.85 bits per heavy atom. The SMILES string of the molecule is Cc1c([C@@H](C)C(N)=O)c2c(F)c(O)c(F)cc2n1C(=O)c1cccc(F)c1. The van der Waals surface area contributed by atoms with Crippen molar-refractivity contribution in [2.45, 2.75) is 19.8 Å². The van der Waals surface area contributed by atoms with Gasteiger partial charge in [0.1, 0.15) is 5.82 Å². The van der Waals surface area contributed by atoms with Crippen molar-refractivity contribution < 1.29 is 27.9 Å². The highest BCUT2D eigenvalue weighted by molar-refractivity contribution is 6.05. The fourth-order valence-corrected chi connectivity index (χ4v) is 3.20. The second-order valence-corrected chi connectivity index (χ2v) is 6.19. The lowest BCUT2D eigenvalue weighted by molar-refractivity contribution is -0.119. The van der Waals surface area contributed by atoms with Gasteiger partial charge < -0.3 is 10.8 Å². The normalized spacial score (nSPS) is 12.3. The van der Waals surface area contributed by atoms with Crippen molar-refractivity contribution in [1.29, 1.82) is 0 Å². The molecule has 0 aliphatic rings. The Balaban J connectivity index is 2.41. The summed E-state index contributed by atoms with van der Waals surface area (Å²) in [6.07, 6.45) is 0. The third kappa shape index (κ3) is 2.83. The van der Waals surface area contributed by atoms with Crippen LogP contribution in [0.4, 0.5) is 13.2 Å². The summed E-state index contributed by atoms with van der Waals surface area (Å²) in [6.45, 7) is 2.83. The highest BCUT2D eigenvalue weighted by atomic mass is 19.1. The van der Waals surface area contributed by atoms with E-state index in [2.05, 4.69) is 0 Å². The maximum Gasteiger partial charge on any atom is 0.262 e. The average Bonchev–Trinajstić information content (AvgIpc) is 2.90. The fourth-order valence-electron chi connectivity index (χ4n) is 3.20. The van der Waals surface area contributed by atoms with Crippen LogP contribution in [0.5, 0.6) is 5.75 Å². The molecule has 0 spiro atoms. The Morgan fingerprint density at radius 1 is 1.19 bits per heavy atom. The fraction of sp³-hybridized carbons (Fsp3) is 0.158. The van der Waals surface area contributed by atoms with Gasteiger partial charge in [-0.05, 0) is 37.6 Å². The molecule has 0 bridgehead atoms. The van der Waals surface area contributed by atoms with Crippen LogP contribution in [0.25, 0.3) is 10.9 Å². The summed E-state index contributed by atoms with van der Waals surface area (Å²) in [6, 6.07) is 5.59. The number of phenolic OH excluding ortho intramolecular Hbond substituents is 1. The highest BCUT2D eigenvalue weighted by Crippen LogP contribution is 2.38. The van der Waals surface area contributed by atoms with E-state index in [4.69, 9.17) is 5.73 Å². The Bertz CT molecular complexity index is 1110. The van der Waals surface area contributed by atoms with Gasteiger partial charge in [-0.15, -0.1) is 0 Å². The Labute approximate surface area is 151 Å². The first kappa shape index (κ1) is 18.5. The van der Waals surface area contributed by atoms with Crippen molar-refractivity contribution in [3.63, 3.8) is 0 Å². The van der Waals surface area contributed by atoms with Crippen LogP contribution in [0, 0.1) is 24.4 Å². The zero-order chi connectivity index (χ0) is 20.0. The summed E-state index contributed by atoms with van der Waals surface area (Å²) in [4.78, 5) is 24.6. The van der Waals surface area contributed by atoms with Crippen molar-refractivity contribution in [2.24, 2.45) is 5.73 Å². The van der Waals surface area contributed by atoms with Gasteiger partial charge in [0, 0.05) is 22.7 Å². The first-order valence-electron chi connectivity index (χ1n) is 7.96. The average molecular weight is 376 g/mol. The smallest absolute Gasteiger partial charge is 0.262 e. The lowest BCUT2D eigenvalue weighted by Gasteiger charge is -2.10. The van der Waals surface area contributed by atoms with E-state index in [-0.39, 0.29) is 27.7 Å². The van der Waals surface area contributed by atoms with Gasteiger partial charge in [-0.1, -0.05) is 6.07 Å². The first-order valence-corrected chi connectivity index (χ1v) is 7.96. The number of primary amides is 1. The van der Waals surface area contributed by atoms with Gasteiger partial charge in [0.2, 0.25) is 5.91 Å². The van der Waals surface area contributed by atoms with Gasteiger partial charge >= 0.3 is 0 Å². The minimum absolute atomic E-state index is 0.0510. The van der Waals surface area contributed by atoms with E-state index in [0.29, 0.717) is 0 Å². The van der Waals surface area contributed by atoms with E-state index in [0.717, 1.165) is 22.8 Å². The molecule has 27 heavy (non-hydrogen) atoms. The van der Waals surface area contributed by atoms with Crippen LogP contribution in [0.2, 0.25) is 0 Å². The number of fused-ring (bicyclic) bond motifs is 1. The predicted molar refractivity (Wildman–Crippen MR) is 92.0 cm³/mol. The first-order chi connectivity index (χ1) is 12.6. The van der Waals surface area contributed by atoms with Crippen LogP contribution < -0.4 is 5.73 Å². The summed E-state index contributed by atoms with van der Waals surface area (Å²) in [7, 11) is 0. The number of rotatable bonds is 3. The van der Waals surface area contributed by atoms with E-state index in [9.17, 15) is 27.9 Å². The molecule has 0 radical (unpaired) electrons. The summed E-state index contributed by atoms with van der Waals surface area (Å²) in [5.41, 5.74) is 5.26. The zero-order valence-corrected chi connectivity index (χ0v) is 14.4. The molecule has 1 amide bonds. The van der Waals surface area contributed by atoms with Crippen molar-refractivity contribution >= 4 is 22.7 Å². The molecule has 3 aromatic rings. The molecule has 0 aliphatic heterocycles. The highest BCUT2D eigenvalue weighted by Gasteiger charge is 2.30. The number of benzene rings is 2. The number of hydrogen-bond donors (Lipinski definition) is 2. The van der Waals surface area contributed by atoms with Gasteiger partial charge in [-0.3, -0.25) is 14.2 Å². The molecule has 0 saturated heterocycles. The van der Waals surface area contributed by atoms with Gasteiger partial charge in [-0.2, -0.15) is 0 Å². The third-order valence-corrected chi connectivity index (χ3v) is 4.54. The van der Waals surface area contributed by atoms with Crippen molar-refractivity contribution in [1.82, 2.24) is 4.57 Å². The minimum Gasteiger partial charge on any atom is -0.503 e. The molecule has 3 rings (SSSR count). The van der Waals surface area contributed by atoms with Crippen LogP contribution >= 0.6 is 0 Å². The molecular weight excluding hydrogens is 361 g/mol. The van der Waals surface area contributed by atoms with E-state index in [1.165, 1.54) is 26.0 Å². The molecule has 2 aromatic carbocycles. The number of aromatic nitrogens is 1. The van der Waals surface area contributed by atoms with Crippen LogP contribution in [-0.2, 0) is 4.79 Å². The zero-order valence-electron chi connectivity index (χ0n) is 14.4. The quantitative estimate of drug-likeness (QED) is 0.735. The second kappa shape index (κ2) is 6.46. The lowest BCUT2D eigenvalue weighted by atomic mass is 9.97. The Hall–Kier alpha value is -3.29. The molecule has 3 N–H and O–H groups in total. The van der Waals surface area contributed by atoms with Gasteiger partial charge in [0.25, 0.3) is 5.91 Å². The summed E-state index contributed by atoms with van der Waals surface area (Å²) < 4.78 is 43.1. The largest absolute Gasteiger partial charge is 0.503 e. The number of halogens is 3. The van der Waals surface area contributed by atoms with Gasteiger partial charge in [0.15, 0.2) is 17.4 Å². The second-order valence-electron chi connectivity index (χ2n) is 6.19. The molecule has 0 unspecified atom stereocenters. The van der Waals surface area contributed by atoms with Crippen molar-refractivity contribution in [3.05, 3.63) is 64.6 Å². The van der Waals surface area contributed by atoms with Crippen LogP contribution in [0.3, 0.4) is 0 Å². The number of carbonyl (C=O) groups excluding carboxylic acids is 2. The molecule has 1 atom stereocenters. The monoisotopic (exact) mass is 376 g/mol. The molecule has 1 heterocycles. The number of hydrogen-bond acceptors (Lipinski definition) is 3. The number of nitrogens with zero attached hydrogens (tertiary/aromatic N) is 1. The molecule has 0 aliphatic carbocycles. The third-order valence-electron chi connectivity index (χ3n) is 4.54. The van der Waals surface area contributed by atoms with Crippen LogP contribution in [0.15, 0.2) is 30.3 Å². The molecule has 8 heteroatoms. The molecule has 140 valence electrons. The number of amides is 1. The van der Waals surface area contributed by atoms with Crippen LogP contribution in [-0.4, -0.2) is 21.5 Å². The van der Waals surface area contributed by atoms with Crippen molar-refractivity contribution in [3.8, 4) is 5.75 Å². The van der Waals surface area contributed by atoms with E-state index < -0.39 is 40.9 Å². The summed E-state index contributed by atoms with van der Waals surface area (Å²) in [5, 5.41) is 9.34. The maximum absolute atomic E-state index is 14.6. The van der Waals surface area contributed by atoms with E-state index in [1.54, 1.807) is 0 Å². The topological polar surface area (TPSA) is 85.3 Å². The maximum atomic E-state index is 14.6. The van der Waals surface area contributed by atoms with Gasteiger partial charge in [0.05, 0.1) is 11.4 Å². The molecule has 1 aromatic heterocycles. The Morgan fingerprint density at radius 3 is 2.44 bits per heavy atom. The van der Waals surface area contributed by atoms with E-state index >= 15 is 0 Å². The lowest BCUT2D eigenvalue weighted by Crippen LogP contribution is -2.20. The summed E-state index contributed by atoms with van der Waals surface area (Å²) in [5.74, 6) is -7.02. The molecule has 5 nitrogen and oxygen atoms in total. The molecule has 0 fully saturated rings. The molecule has 0 saturated carbocycles. The van der Waals surface area contributed by atoms with E-state index in [1.807, 2.05) is 0 Å². The number of nitrogens with two attached hydrogens (primary N) is 1.